The summed E-state index contributed by atoms with van der Waals surface area (Å²) in [6, 6.07) is 9.21. The Bertz CT molecular complexity index is 1020. The van der Waals surface area contributed by atoms with Crippen LogP contribution in [0, 0.1) is 0 Å². The van der Waals surface area contributed by atoms with Crippen molar-refractivity contribution >= 4 is 17.1 Å². The second-order valence-electron chi connectivity index (χ2n) is 5.88. The monoisotopic (exact) mass is 343 g/mol. The standard InChI is InChI=1S/C17H21N5O3/c1-4-18-16-19-14-13(15(24)21(3)17(25)20(14)2)22(16)10-12(23)11-8-6-5-7-9-11/h5-9,12,23H,4,10H2,1-3H3,(H,18,19). The number of anilines is 1. The molecule has 0 spiro atoms. The number of benzene rings is 1. The minimum Gasteiger partial charge on any atom is -0.387 e. The fraction of sp³-hybridized carbons (Fsp3) is 0.353. The average Bonchev–Trinajstić information content (AvgIpc) is 2.97. The summed E-state index contributed by atoms with van der Waals surface area (Å²) in [5.74, 6) is 0.450. The number of aryl methyl sites for hydroxylation is 1. The Morgan fingerprint density at radius 3 is 2.48 bits per heavy atom. The maximum Gasteiger partial charge on any atom is 0.332 e. The van der Waals surface area contributed by atoms with Crippen LogP contribution in [0.15, 0.2) is 39.9 Å². The molecule has 1 aromatic carbocycles. The summed E-state index contributed by atoms with van der Waals surface area (Å²) in [7, 11) is 3.01. The van der Waals surface area contributed by atoms with Gasteiger partial charge < -0.3 is 15.0 Å². The summed E-state index contributed by atoms with van der Waals surface area (Å²) in [6.45, 7) is 2.66. The molecule has 2 aromatic heterocycles. The molecule has 25 heavy (non-hydrogen) atoms. The molecule has 1 unspecified atom stereocenters. The lowest BCUT2D eigenvalue weighted by Crippen LogP contribution is -2.37. The minimum absolute atomic E-state index is 0.149. The van der Waals surface area contributed by atoms with Crippen molar-refractivity contribution in [3.8, 4) is 0 Å². The van der Waals surface area contributed by atoms with Crippen LogP contribution in [0.5, 0.6) is 0 Å². The first-order chi connectivity index (χ1) is 12.0. The third kappa shape index (κ3) is 2.85. The molecule has 0 saturated carbocycles. The number of nitrogens with zero attached hydrogens (tertiary/aromatic N) is 4. The Hall–Kier alpha value is -2.87. The van der Waals surface area contributed by atoms with Gasteiger partial charge in [0.2, 0.25) is 5.95 Å². The van der Waals surface area contributed by atoms with Gasteiger partial charge in [0.15, 0.2) is 11.2 Å². The van der Waals surface area contributed by atoms with E-state index in [1.807, 2.05) is 37.3 Å². The van der Waals surface area contributed by atoms with Crippen LogP contribution < -0.4 is 16.6 Å². The highest BCUT2D eigenvalue weighted by Crippen LogP contribution is 2.21. The van der Waals surface area contributed by atoms with Crippen LogP contribution in [0.25, 0.3) is 11.2 Å². The molecule has 0 aliphatic carbocycles. The van der Waals surface area contributed by atoms with Gasteiger partial charge in [0.25, 0.3) is 5.56 Å². The number of imidazole rings is 1. The predicted octanol–water partition coefficient (Wildman–Crippen LogP) is 0.599. The fourth-order valence-corrected chi connectivity index (χ4v) is 2.87. The number of aliphatic hydroxyl groups excluding tert-OH is 1. The van der Waals surface area contributed by atoms with Crippen molar-refractivity contribution in [2.75, 3.05) is 11.9 Å². The quantitative estimate of drug-likeness (QED) is 0.707. The van der Waals surface area contributed by atoms with Crippen molar-refractivity contribution in [2.45, 2.75) is 19.6 Å². The van der Waals surface area contributed by atoms with Crippen molar-refractivity contribution in [1.82, 2.24) is 18.7 Å². The van der Waals surface area contributed by atoms with Gasteiger partial charge in [0.05, 0.1) is 12.6 Å². The molecule has 2 N–H and O–H groups in total. The summed E-state index contributed by atoms with van der Waals surface area (Å²) in [4.78, 5) is 29.2. The van der Waals surface area contributed by atoms with Gasteiger partial charge in [0.1, 0.15) is 0 Å². The Morgan fingerprint density at radius 2 is 1.84 bits per heavy atom. The molecule has 3 aromatic rings. The van der Waals surface area contributed by atoms with Crippen molar-refractivity contribution in [2.24, 2.45) is 14.1 Å². The van der Waals surface area contributed by atoms with Gasteiger partial charge in [-0.1, -0.05) is 30.3 Å². The van der Waals surface area contributed by atoms with E-state index in [4.69, 9.17) is 0 Å². The van der Waals surface area contributed by atoms with E-state index in [-0.39, 0.29) is 12.1 Å². The topological polar surface area (TPSA) is 94.1 Å². The first kappa shape index (κ1) is 17.0. The Labute approximate surface area is 144 Å². The van der Waals surface area contributed by atoms with E-state index in [0.29, 0.717) is 18.1 Å². The molecule has 0 fully saturated rings. The summed E-state index contributed by atoms with van der Waals surface area (Å²) in [5.41, 5.74) is 0.456. The van der Waals surface area contributed by atoms with Crippen LogP contribution in [-0.2, 0) is 20.6 Å². The van der Waals surface area contributed by atoms with Gasteiger partial charge in [-0.25, -0.2) is 4.79 Å². The van der Waals surface area contributed by atoms with E-state index < -0.39 is 17.4 Å². The molecule has 132 valence electrons. The van der Waals surface area contributed by atoms with Crippen LogP contribution in [0.4, 0.5) is 5.95 Å². The van der Waals surface area contributed by atoms with Gasteiger partial charge >= 0.3 is 5.69 Å². The van der Waals surface area contributed by atoms with Crippen LogP contribution in [0.1, 0.15) is 18.6 Å². The smallest absolute Gasteiger partial charge is 0.332 e. The summed E-state index contributed by atoms with van der Waals surface area (Å²) in [6.07, 6.45) is -0.807. The van der Waals surface area contributed by atoms with E-state index in [0.717, 1.165) is 10.1 Å². The molecule has 0 bridgehead atoms. The molecular weight excluding hydrogens is 322 g/mol. The Balaban J connectivity index is 2.20. The molecule has 0 aliphatic rings. The first-order valence-electron chi connectivity index (χ1n) is 8.08. The number of nitrogens with one attached hydrogen (secondary N) is 1. The number of rotatable bonds is 5. The molecule has 2 heterocycles. The van der Waals surface area contributed by atoms with E-state index in [1.54, 1.807) is 11.6 Å². The molecule has 8 nitrogen and oxygen atoms in total. The zero-order valence-corrected chi connectivity index (χ0v) is 14.4. The van der Waals surface area contributed by atoms with E-state index in [9.17, 15) is 14.7 Å². The van der Waals surface area contributed by atoms with E-state index >= 15 is 0 Å². The van der Waals surface area contributed by atoms with Gasteiger partial charge in [-0.2, -0.15) is 4.98 Å². The van der Waals surface area contributed by atoms with Crippen molar-refractivity contribution in [3.63, 3.8) is 0 Å². The molecule has 0 saturated heterocycles. The highest BCUT2D eigenvalue weighted by Gasteiger charge is 2.21. The highest BCUT2D eigenvalue weighted by atomic mass is 16.3. The zero-order valence-electron chi connectivity index (χ0n) is 14.4. The third-order valence-corrected chi connectivity index (χ3v) is 4.22. The Kier molecular flexibility index (Phi) is 4.45. The zero-order chi connectivity index (χ0) is 18.1. The van der Waals surface area contributed by atoms with Crippen molar-refractivity contribution in [3.05, 3.63) is 56.7 Å². The first-order valence-corrected chi connectivity index (χ1v) is 8.08. The largest absolute Gasteiger partial charge is 0.387 e. The predicted molar refractivity (Wildman–Crippen MR) is 95.8 cm³/mol. The number of aromatic nitrogens is 4. The minimum atomic E-state index is -0.807. The lowest BCUT2D eigenvalue weighted by Gasteiger charge is -2.15. The Morgan fingerprint density at radius 1 is 1.16 bits per heavy atom. The summed E-state index contributed by atoms with van der Waals surface area (Å²) >= 11 is 0. The maximum atomic E-state index is 12.6. The fourth-order valence-electron chi connectivity index (χ4n) is 2.87. The highest BCUT2D eigenvalue weighted by molar-refractivity contribution is 5.74. The van der Waals surface area contributed by atoms with Crippen LogP contribution in [0.3, 0.4) is 0 Å². The average molecular weight is 343 g/mol. The SMILES string of the molecule is CCNc1nc2c(c(=O)n(C)c(=O)n2C)n1CC(O)c1ccccc1. The number of aliphatic hydroxyl groups is 1. The number of hydrogen-bond donors (Lipinski definition) is 2. The summed E-state index contributed by atoms with van der Waals surface area (Å²) in [5, 5.41) is 13.7. The van der Waals surface area contributed by atoms with Crippen LogP contribution in [0.2, 0.25) is 0 Å². The van der Waals surface area contributed by atoms with Gasteiger partial charge in [-0.3, -0.25) is 13.9 Å². The maximum absolute atomic E-state index is 12.6. The molecule has 0 radical (unpaired) electrons. The van der Waals surface area contributed by atoms with Gasteiger partial charge in [-0.05, 0) is 12.5 Å². The normalized spacial score (nSPS) is 12.5. The molecule has 1 atom stereocenters. The second kappa shape index (κ2) is 6.56. The second-order valence-corrected chi connectivity index (χ2v) is 5.88. The van der Waals surface area contributed by atoms with Crippen molar-refractivity contribution in [1.29, 1.82) is 0 Å². The van der Waals surface area contributed by atoms with E-state index in [1.165, 1.54) is 11.6 Å². The van der Waals surface area contributed by atoms with Crippen LogP contribution in [-0.4, -0.2) is 30.3 Å². The molecule has 8 heteroatoms. The third-order valence-electron chi connectivity index (χ3n) is 4.22. The molecular formula is C17H21N5O3. The van der Waals surface area contributed by atoms with Gasteiger partial charge in [-0.15, -0.1) is 0 Å². The van der Waals surface area contributed by atoms with Crippen molar-refractivity contribution < 1.29 is 5.11 Å². The molecule has 0 amide bonds. The van der Waals surface area contributed by atoms with Gasteiger partial charge in [0, 0.05) is 20.6 Å². The summed E-state index contributed by atoms with van der Waals surface area (Å²) < 4.78 is 4.02. The molecule has 0 aliphatic heterocycles. The molecule has 3 rings (SSSR count). The lowest BCUT2D eigenvalue weighted by atomic mass is 10.1. The van der Waals surface area contributed by atoms with E-state index in [2.05, 4.69) is 10.3 Å². The lowest BCUT2D eigenvalue weighted by molar-refractivity contribution is 0.158. The number of hydrogen-bond acceptors (Lipinski definition) is 5. The number of fused-ring (bicyclic) bond motifs is 1. The van der Waals surface area contributed by atoms with Crippen LogP contribution >= 0.6 is 0 Å².